The van der Waals surface area contributed by atoms with Gasteiger partial charge in [0.05, 0.1) is 9.83 Å². The highest BCUT2D eigenvalue weighted by atomic mass is 79.9. The van der Waals surface area contributed by atoms with E-state index in [-0.39, 0.29) is 0 Å². The molecule has 0 radical (unpaired) electrons. The van der Waals surface area contributed by atoms with Gasteiger partial charge in [-0.15, -0.1) is 11.3 Å². The quantitative estimate of drug-likeness (QED) is 0.894. The molecule has 1 aromatic rings. The van der Waals surface area contributed by atoms with Crippen LogP contribution < -0.4 is 5.32 Å². The van der Waals surface area contributed by atoms with Crippen LogP contribution >= 0.6 is 27.3 Å². The molecule has 1 unspecified atom stereocenters. The Morgan fingerprint density at radius 1 is 1.47 bits per heavy atom. The van der Waals surface area contributed by atoms with Crippen LogP contribution in [0.4, 0.5) is 0 Å². The summed E-state index contributed by atoms with van der Waals surface area (Å²) in [6.07, 6.45) is 4.05. The minimum atomic E-state index is 0.433. The first-order chi connectivity index (χ1) is 8.09. The molecular formula is C13H21BrN2S. The molecule has 17 heavy (non-hydrogen) atoms. The third kappa shape index (κ3) is 2.60. The van der Waals surface area contributed by atoms with E-state index in [1.54, 1.807) is 0 Å². The average molecular weight is 317 g/mol. The summed E-state index contributed by atoms with van der Waals surface area (Å²) >= 11 is 5.45. The molecule has 1 aromatic heterocycles. The van der Waals surface area contributed by atoms with Crippen molar-refractivity contribution in [2.75, 3.05) is 27.7 Å². The summed E-state index contributed by atoms with van der Waals surface area (Å²) in [7, 11) is 6.47. The Morgan fingerprint density at radius 3 is 2.53 bits per heavy atom. The molecule has 1 saturated carbocycles. The number of thiophene rings is 1. The summed E-state index contributed by atoms with van der Waals surface area (Å²) in [5.74, 6) is 0. The summed E-state index contributed by atoms with van der Waals surface area (Å²) in [5.41, 5.74) is 0.433. The average Bonchev–Trinajstić information content (AvgIpc) is 2.61. The van der Waals surface area contributed by atoms with E-state index in [0.717, 1.165) is 6.54 Å². The second kappa shape index (κ2) is 5.39. The molecule has 1 aliphatic carbocycles. The third-order valence-corrected chi connectivity index (χ3v) is 5.51. The highest BCUT2D eigenvalue weighted by molar-refractivity contribution is 9.11. The monoisotopic (exact) mass is 316 g/mol. The zero-order valence-corrected chi connectivity index (χ0v) is 13.2. The van der Waals surface area contributed by atoms with E-state index in [4.69, 9.17) is 0 Å². The van der Waals surface area contributed by atoms with Crippen molar-refractivity contribution in [3.63, 3.8) is 0 Å². The number of nitrogens with one attached hydrogen (secondary N) is 1. The van der Waals surface area contributed by atoms with E-state index in [2.05, 4.69) is 59.4 Å². The molecule has 0 amide bonds. The van der Waals surface area contributed by atoms with E-state index in [0.29, 0.717) is 11.5 Å². The van der Waals surface area contributed by atoms with Crippen LogP contribution in [0.2, 0.25) is 0 Å². The lowest BCUT2D eigenvalue weighted by atomic mass is 9.63. The predicted molar refractivity (Wildman–Crippen MR) is 78.7 cm³/mol. The Morgan fingerprint density at radius 2 is 2.18 bits per heavy atom. The molecule has 1 fully saturated rings. The second-order valence-corrected chi connectivity index (χ2v) is 7.75. The van der Waals surface area contributed by atoms with Crippen LogP contribution in [0.1, 0.15) is 30.2 Å². The molecule has 2 rings (SSSR count). The minimum absolute atomic E-state index is 0.433. The smallest absolute Gasteiger partial charge is 0.0701 e. The number of hydrogen-bond donors (Lipinski definition) is 1. The number of nitrogens with zero attached hydrogens (tertiary/aromatic N) is 1. The molecule has 4 heteroatoms. The van der Waals surface area contributed by atoms with Crippen LogP contribution in [0.15, 0.2) is 15.9 Å². The van der Waals surface area contributed by atoms with Crippen molar-refractivity contribution < 1.29 is 0 Å². The molecular weight excluding hydrogens is 296 g/mol. The van der Waals surface area contributed by atoms with Crippen molar-refractivity contribution in [2.45, 2.75) is 25.3 Å². The van der Waals surface area contributed by atoms with Gasteiger partial charge in [-0.05, 0) is 62.0 Å². The molecule has 96 valence electrons. The molecule has 1 N–H and O–H groups in total. The van der Waals surface area contributed by atoms with Gasteiger partial charge in [0.2, 0.25) is 0 Å². The van der Waals surface area contributed by atoms with Crippen molar-refractivity contribution in [2.24, 2.45) is 5.41 Å². The first kappa shape index (κ1) is 13.5. The molecule has 0 aliphatic heterocycles. The zero-order chi connectivity index (χ0) is 12.5. The van der Waals surface area contributed by atoms with Crippen LogP contribution in [-0.2, 0) is 0 Å². The predicted octanol–water partition coefficient (Wildman–Crippen LogP) is 3.50. The Balaban J connectivity index is 2.28. The first-order valence-corrected chi connectivity index (χ1v) is 7.76. The van der Waals surface area contributed by atoms with E-state index in [9.17, 15) is 0 Å². The Bertz CT molecular complexity index is 371. The number of halogens is 1. The minimum Gasteiger partial charge on any atom is -0.319 e. The Hall–Kier alpha value is 0.1000. The normalized spacial score (nSPS) is 20.3. The number of hydrogen-bond acceptors (Lipinski definition) is 3. The van der Waals surface area contributed by atoms with Crippen molar-refractivity contribution in [3.8, 4) is 0 Å². The van der Waals surface area contributed by atoms with Gasteiger partial charge in [0.15, 0.2) is 0 Å². The van der Waals surface area contributed by atoms with Crippen LogP contribution in [0.5, 0.6) is 0 Å². The van der Waals surface area contributed by atoms with Gasteiger partial charge in [0, 0.05) is 16.8 Å². The van der Waals surface area contributed by atoms with Gasteiger partial charge in [-0.25, -0.2) is 0 Å². The van der Waals surface area contributed by atoms with Gasteiger partial charge < -0.3 is 10.2 Å². The molecule has 1 heterocycles. The maximum atomic E-state index is 3.58. The fourth-order valence-electron chi connectivity index (χ4n) is 3.11. The fourth-order valence-corrected chi connectivity index (χ4v) is 4.87. The van der Waals surface area contributed by atoms with Gasteiger partial charge in [0.1, 0.15) is 0 Å². The van der Waals surface area contributed by atoms with Crippen LogP contribution in [-0.4, -0.2) is 32.6 Å². The summed E-state index contributed by atoms with van der Waals surface area (Å²) in [5, 5.41) is 3.39. The van der Waals surface area contributed by atoms with Gasteiger partial charge in [-0.3, -0.25) is 0 Å². The SMILES string of the molecule is CNCC1(C(c2ccc(Br)s2)N(C)C)CCC1. The molecule has 0 bridgehead atoms. The maximum Gasteiger partial charge on any atom is 0.0701 e. The van der Waals surface area contributed by atoms with E-state index >= 15 is 0 Å². The Labute approximate surface area is 117 Å². The van der Waals surface area contributed by atoms with Crippen molar-refractivity contribution in [3.05, 3.63) is 20.8 Å². The summed E-state index contributed by atoms with van der Waals surface area (Å²) in [6.45, 7) is 1.12. The highest BCUT2D eigenvalue weighted by Crippen LogP contribution is 2.53. The van der Waals surface area contributed by atoms with Gasteiger partial charge in [-0.1, -0.05) is 6.42 Å². The standard InChI is InChI=1S/C13H21BrN2S/c1-15-9-13(7-4-8-13)12(16(2)3)10-5-6-11(14)17-10/h5-6,12,15H,4,7-9H2,1-3H3. The van der Waals surface area contributed by atoms with E-state index < -0.39 is 0 Å². The van der Waals surface area contributed by atoms with E-state index in [1.165, 1.54) is 27.9 Å². The fraction of sp³-hybridized carbons (Fsp3) is 0.692. The van der Waals surface area contributed by atoms with Crippen LogP contribution in [0.25, 0.3) is 0 Å². The lowest BCUT2D eigenvalue weighted by molar-refractivity contribution is 0.0236. The molecule has 1 aliphatic rings. The van der Waals surface area contributed by atoms with Crippen LogP contribution in [0, 0.1) is 5.41 Å². The molecule has 0 spiro atoms. The number of rotatable bonds is 5. The van der Waals surface area contributed by atoms with Crippen molar-refractivity contribution in [1.82, 2.24) is 10.2 Å². The molecule has 1 atom stereocenters. The summed E-state index contributed by atoms with van der Waals surface area (Å²) < 4.78 is 1.23. The highest BCUT2D eigenvalue weighted by Gasteiger charge is 2.45. The van der Waals surface area contributed by atoms with Gasteiger partial charge >= 0.3 is 0 Å². The topological polar surface area (TPSA) is 15.3 Å². The van der Waals surface area contributed by atoms with Crippen molar-refractivity contribution >= 4 is 27.3 Å². The Kier molecular flexibility index (Phi) is 4.29. The largest absolute Gasteiger partial charge is 0.319 e. The lowest BCUT2D eigenvalue weighted by Crippen LogP contribution is -2.48. The second-order valence-electron chi connectivity index (χ2n) is 5.25. The van der Waals surface area contributed by atoms with Gasteiger partial charge in [-0.2, -0.15) is 0 Å². The molecule has 0 saturated heterocycles. The zero-order valence-electron chi connectivity index (χ0n) is 10.8. The summed E-state index contributed by atoms with van der Waals surface area (Å²) in [4.78, 5) is 3.87. The molecule has 2 nitrogen and oxygen atoms in total. The van der Waals surface area contributed by atoms with Crippen molar-refractivity contribution in [1.29, 1.82) is 0 Å². The third-order valence-electron chi connectivity index (χ3n) is 3.84. The van der Waals surface area contributed by atoms with Crippen LogP contribution in [0.3, 0.4) is 0 Å². The first-order valence-electron chi connectivity index (χ1n) is 6.15. The summed E-state index contributed by atoms with van der Waals surface area (Å²) in [6, 6.07) is 4.98. The van der Waals surface area contributed by atoms with Gasteiger partial charge in [0.25, 0.3) is 0 Å². The lowest BCUT2D eigenvalue weighted by Gasteiger charge is -2.50. The molecule has 0 aromatic carbocycles. The maximum absolute atomic E-state index is 3.58. The van der Waals surface area contributed by atoms with E-state index in [1.807, 2.05) is 11.3 Å².